The van der Waals surface area contributed by atoms with E-state index in [-0.39, 0.29) is 30.3 Å². The molecule has 1 saturated heterocycles. The number of amides is 2. The first-order chi connectivity index (χ1) is 8.70. The van der Waals surface area contributed by atoms with Gasteiger partial charge in [0.15, 0.2) is 0 Å². The van der Waals surface area contributed by atoms with E-state index in [4.69, 9.17) is 0 Å². The van der Waals surface area contributed by atoms with Gasteiger partial charge in [-0.25, -0.2) is 0 Å². The molecule has 0 aromatic carbocycles. The highest BCUT2D eigenvalue weighted by atomic mass is 35.5. The number of nitrogens with one attached hydrogen (secondary N) is 2. The molecule has 1 aliphatic rings. The quantitative estimate of drug-likeness (QED) is 0.716. The van der Waals surface area contributed by atoms with E-state index in [2.05, 4.69) is 10.6 Å². The van der Waals surface area contributed by atoms with Gasteiger partial charge in [-0.1, -0.05) is 6.92 Å². The van der Waals surface area contributed by atoms with Crippen LogP contribution < -0.4 is 10.6 Å². The fourth-order valence-electron chi connectivity index (χ4n) is 2.30. The summed E-state index contributed by atoms with van der Waals surface area (Å²) in [4.78, 5) is 25.6. The van der Waals surface area contributed by atoms with Crippen molar-refractivity contribution in [2.24, 2.45) is 0 Å². The van der Waals surface area contributed by atoms with Crippen LogP contribution in [0, 0.1) is 0 Å². The minimum Gasteiger partial charge on any atom is -0.354 e. The third-order valence-electron chi connectivity index (χ3n) is 3.33. The molecule has 0 bridgehead atoms. The van der Waals surface area contributed by atoms with Gasteiger partial charge in [0, 0.05) is 19.5 Å². The van der Waals surface area contributed by atoms with E-state index < -0.39 is 0 Å². The van der Waals surface area contributed by atoms with E-state index in [0.29, 0.717) is 13.0 Å². The van der Waals surface area contributed by atoms with Crippen molar-refractivity contribution in [3.05, 3.63) is 0 Å². The van der Waals surface area contributed by atoms with E-state index in [0.717, 1.165) is 38.8 Å². The van der Waals surface area contributed by atoms with Gasteiger partial charge < -0.3 is 15.5 Å². The summed E-state index contributed by atoms with van der Waals surface area (Å²) >= 11 is 0. The molecule has 112 valence electrons. The van der Waals surface area contributed by atoms with E-state index in [1.54, 1.807) is 4.90 Å². The first-order valence-electron chi connectivity index (χ1n) is 6.92. The van der Waals surface area contributed by atoms with Crippen molar-refractivity contribution in [2.75, 3.05) is 26.7 Å². The van der Waals surface area contributed by atoms with Crippen LogP contribution in [0.15, 0.2) is 0 Å². The molecule has 5 nitrogen and oxygen atoms in total. The van der Waals surface area contributed by atoms with E-state index >= 15 is 0 Å². The predicted octanol–water partition coefficient (Wildman–Crippen LogP) is 0.925. The first-order valence-corrected chi connectivity index (χ1v) is 6.92. The molecule has 2 amide bonds. The molecule has 0 aromatic rings. The number of rotatable bonds is 6. The zero-order chi connectivity index (χ0) is 13.4. The van der Waals surface area contributed by atoms with Crippen LogP contribution in [0.1, 0.15) is 39.0 Å². The maximum Gasteiger partial charge on any atom is 0.242 e. The summed E-state index contributed by atoms with van der Waals surface area (Å²) in [5, 5.41) is 5.96. The summed E-state index contributed by atoms with van der Waals surface area (Å²) < 4.78 is 0. The van der Waals surface area contributed by atoms with Crippen LogP contribution in [0.25, 0.3) is 0 Å². The Balaban J connectivity index is 0.00000324. The van der Waals surface area contributed by atoms with Crippen LogP contribution >= 0.6 is 12.4 Å². The molecule has 1 heterocycles. The van der Waals surface area contributed by atoms with Crippen molar-refractivity contribution in [2.45, 2.75) is 45.1 Å². The fraction of sp³-hybridized carbons (Fsp3) is 0.846. The molecule has 0 aliphatic carbocycles. The smallest absolute Gasteiger partial charge is 0.242 e. The Morgan fingerprint density at radius 2 is 2.00 bits per heavy atom. The molecular weight excluding hydrogens is 266 g/mol. The number of likely N-dealkylation sites (tertiary alicyclic amines) is 1. The predicted molar refractivity (Wildman–Crippen MR) is 78.4 cm³/mol. The van der Waals surface area contributed by atoms with Crippen molar-refractivity contribution < 1.29 is 9.59 Å². The molecule has 1 unspecified atom stereocenters. The lowest BCUT2D eigenvalue weighted by Crippen LogP contribution is -2.52. The Bertz CT molecular complexity index is 287. The SMILES string of the molecule is CCC(=O)N1CCCCC1C(=O)NCCCNC.Cl. The fourth-order valence-corrected chi connectivity index (χ4v) is 2.30. The second kappa shape index (κ2) is 10.0. The van der Waals surface area contributed by atoms with Crippen LogP contribution in [-0.2, 0) is 9.59 Å². The van der Waals surface area contributed by atoms with Gasteiger partial charge >= 0.3 is 0 Å². The second-order valence-corrected chi connectivity index (χ2v) is 4.70. The van der Waals surface area contributed by atoms with Gasteiger partial charge in [0.1, 0.15) is 6.04 Å². The minimum atomic E-state index is -0.249. The number of carbonyl (C=O) groups is 2. The average molecular weight is 292 g/mol. The summed E-state index contributed by atoms with van der Waals surface area (Å²) in [6.07, 6.45) is 4.22. The maximum atomic E-state index is 12.1. The van der Waals surface area contributed by atoms with E-state index in [1.807, 2.05) is 14.0 Å². The molecule has 1 rings (SSSR count). The summed E-state index contributed by atoms with van der Waals surface area (Å²) in [6.45, 7) is 4.13. The van der Waals surface area contributed by atoms with Crippen molar-refractivity contribution in [1.82, 2.24) is 15.5 Å². The number of carbonyl (C=O) groups excluding carboxylic acids is 2. The molecule has 1 aliphatic heterocycles. The van der Waals surface area contributed by atoms with Crippen LogP contribution in [-0.4, -0.2) is 49.4 Å². The lowest BCUT2D eigenvalue weighted by Gasteiger charge is -2.34. The zero-order valence-corrected chi connectivity index (χ0v) is 12.7. The topological polar surface area (TPSA) is 61.4 Å². The molecule has 0 aromatic heterocycles. The zero-order valence-electron chi connectivity index (χ0n) is 11.9. The Hall–Kier alpha value is -0.810. The molecule has 0 spiro atoms. The normalized spacial score (nSPS) is 18.6. The summed E-state index contributed by atoms with van der Waals surface area (Å²) in [5.41, 5.74) is 0. The van der Waals surface area contributed by atoms with Crippen LogP contribution in [0.3, 0.4) is 0 Å². The number of nitrogens with zero attached hydrogens (tertiary/aromatic N) is 1. The van der Waals surface area contributed by atoms with Gasteiger partial charge in [-0.15, -0.1) is 12.4 Å². The third kappa shape index (κ3) is 5.78. The number of halogens is 1. The largest absolute Gasteiger partial charge is 0.354 e. The molecule has 1 atom stereocenters. The first kappa shape index (κ1) is 18.2. The highest BCUT2D eigenvalue weighted by Crippen LogP contribution is 2.18. The van der Waals surface area contributed by atoms with Crippen molar-refractivity contribution >= 4 is 24.2 Å². The van der Waals surface area contributed by atoms with Crippen molar-refractivity contribution in [3.8, 4) is 0 Å². The number of hydrogen-bond acceptors (Lipinski definition) is 3. The van der Waals surface area contributed by atoms with Gasteiger partial charge in [-0.2, -0.15) is 0 Å². The Morgan fingerprint density at radius 3 is 2.63 bits per heavy atom. The summed E-state index contributed by atoms with van der Waals surface area (Å²) in [7, 11) is 1.89. The average Bonchev–Trinajstić information content (AvgIpc) is 2.42. The highest BCUT2D eigenvalue weighted by molar-refractivity contribution is 5.87. The van der Waals surface area contributed by atoms with Gasteiger partial charge in [0.05, 0.1) is 0 Å². The van der Waals surface area contributed by atoms with Crippen LogP contribution in [0.2, 0.25) is 0 Å². The number of piperidine rings is 1. The van der Waals surface area contributed by atoms with Gasteiger partial charge in [-0.05, 0) is 39.3 Å². The Morgan fingerprint density at radius 1 is 1.26 bits per heavy atom. The van der Waals surface area contributed by atoms with Crippen molar-refractivity contribution in [1.29, 1.82) is 0 Å². The summed E-state index contributed by atoms with van der Waals surface area (Å²) in [5.74, 6) is 0.0951. The molecule has 1 fully saturated rings. The molecular formula is C13H26ClN3O2. The number of hydrogen-bond donors (Lipinski definition) is 2. The van der Waals surface area contributed by atoms with Crippen LogP contribution in [0.5, 0.6) is 0 Å². The van der Waals surface area contributed by atoms with E-state index in [9.17, 15) is 9.59 Å². The third-order valence-corrected chi connectivity index (χ3v) is 3.33. The highest BCUT2D eigenvalue weighted by Gasteiger charge is 2.30. The lowest BCUT2D eigenvalue weighted by molar-refractivity contribution is -0.142. The van der Waals surface area contributed by atoms with Crippen molar-refractivity contribution in [3.63, 3.8) is 0 Å². The molecule has 0 radical (unpaired) electrons. The van der Waals surface area contributed by atoms with Gasteiger partial charge in [0.25, 0.3) is 0 Å². The summed E-state index contributed by atoms with van der Waals surface area (Å²) in [6, 6.07) is -0.249. The Kier molecular flexibility index (Phi) is 9.61. The standard InChI is InChI=1S/C13H25N3O2.ClH/c1-3-12(17)16-10-5-4-7-11(16)13(18)15-9-6-8-14-2;/h11,14H,3-10H2,1-2H3,(H,15,18);1H. The van der Waals surface area contributed by atoms with Gasteiger partial charge in [0.2, 0.25) is 11.8 Å². The molecule has 2 N–H and O–H groups in total. The molecule has 0 saturated carbocycles. The lowest BCUT2D eigenvalue weighted by atomic mass is 10.0. The molecule has 6 heteroatoms. The second-order valence-electron chi connectivity index (χ2n) is 4.70. The molecule has 19 heavy (non-hydrogen) atoms. The Labute approximate surface area is 121 Å². The van der Waals surface area contributed by atoms with Crippen LogP contribution in [0.4, 0.5) is 0 Å². The maximum absolute atomic E-state index is 12.1. The minimum absolute atomic E-state index is 0. The van der Waals surface area contributed by atoms with E-state index in [1.165, 1.54) is 0 Å². The van der Waals surface area contributed by atoms with Gasteiger partial charge in [-0.3, -0.25) is 9.59 Å². The monoisotopic (exact) mass is 291 g/mol.